The van der Waals surface area contributed by atoms with Crippen LogP contribution in [0.25, 0.3) is 0 Å². The summed E-state index contributed by atoms with van der Waals surface area (Å²) < 4.78 is 4.80. The van der Waals surface area contributed by atoms with E-state index in [-0.39, 0.29) is 6.61 Å². The van der Waals surface area contributed by atoms with Crippen molar-refractivity contribution in [2.75, 3.05) is 6.61 Å². The van der Waals surface area contributed by atoms with E-state index in [2.05, 4.69) is 0 Å². The maximum absolute atomic E-state index is 9.09. The van der Waals surface area contributed by atoms with Crippen LogP contribution >= 0.6 is 0 Å². The lowest BCUT2D eigenvalue weighted by molar-refractivity contribution is -0.207. The fourth-order valence-corrected chi connectivity index (χ4v) is 1.02. The minimum atomic E-state index is -0.819. The summed E-state index contributed by atoms with van der Waals surface area (Å²) in [5.74, 6) is 0. The highest BCUT2D eigenvalue weighted by molar-refractivity contribution is 4.73. The number of rotatable bonds is 1. The first-order valence-electron chi connectivity index (χ1n) is 3.36. The highest BCUT2D eigenvalue weighted by Gasteiger charge is 2.27. The van der Waals surface area contributed by atoms with Gasteiger partial charge in [0.15, 0.2) is 6.29 Å². The van der Waals surface area contributed by atoms with Crippen molar-refractivity contribution in [1.82, 2.24) is 0 Å². The van der Waals surface area contributed by atoms with Crippen LogP contribution in [0.15, 0.2) is 0 Å². The molecule has 0 aromatic heterocycles. The average molecular weight is 148 g/mol. The van der Waals surface area contributed by atoms with Gasteiger partial charge in [0.25, 0.3) is 0 Å². The Morgan fingerprint density at radius 2 is 2.00 bits per heavy atom. The molecule has 4 heteroatoms. The summed E-state index contributed by atoms with van der Waals surface area (Å²) in [6.07, 6.45) is -1.12. The molecule has 1 saturated heterocycles. The zero-order valence-electron chi connectivity index (χ0n) is 5.60. The SMILES string of the molecule is OC[C@@H]1O[C@H](O)CC[C@@H]1O. The van der Waals surface area contributed by atoms with Gasteiger partial charge < -0.3 is 20.1 Å². The van der Waals surface area contributed by atoms with Gasteiger partial charge in [0, 0.05) is 6.42 Å². The Morgan fingerprint density at radius 3 is 2.50 bits per heavy atom. The molecule has 3 N–H and O–H groups in total. The zero-order chi connectivity index (χ0) is 7.56. The lowest BCUT2D eigenvalue weighted by Gasteiger charge is -2.29. The van der Waals surface area contributed by atoms with Crippen molar-refractivity contribution in [1.29, 1.82) is 0 Å². The molecule has 3 atom stereocenters. The minimum absolute atomic E-state index is 0.238. The van der Waals surface area contributed by atoms with Crippen LogP contribution in [0, 0.1) is 0 Å². The number of hydrogen-bond donors (Lipinski definition) is 3. The standard InChI is InChI=1S/C6H12O4/c7-3-5-4(8)1-2-6(9)10-5/h4-9H,1-3H2/t4-,5-,6-/m0/s1. The topological polar surface area (TPSA) is 69.9 Å². The zero-order valence-corrected chi connectivity index (χ0v) is 5.60. The van der Waals surface area contributed by atoms with E-state index >= 15 is 0 Å². The molecule has 0 unspecified atom stereocenters. The van der Waals surface area contributed by atoms with Crippen molar-refractivity contribution in [2.45, 2.75) is 31.3 Å². The van der Waals surface area contributed by atoms with Gasteiger partial charge in [0.05, 0.1) is 12.7 Å². The third kappa shape index (κ3) is 1.67. The van der Waals surface area contributed by atoms with Crippen LogP contribution in [0.3, 0.4) is 0 Å². The van der Waals surface area contributed by atoms with Crippen LogP contribution in [0.1, 0.15) is 12.8 Å². The Bertz CT molecular complexity index is 106. The van der Waals surface area contributed by atoms with E-state index in [4.69, 9.17) is 20.1 Å². The minimum Gasteiger partial charge on any atom is -0.394 e. The van der Waals surface area contributed by atoms with Gasteiger partial charge in [-0.05, 0) is 6.42 Å². The van der Waals surface area contributed by atoms with Crippen LogP contribution in [0.2, 0.25) is 0 Å². The highest BCUT2D eigenvalue weighted by Crippen LogP contribution is 2.17. The summed E-state index contributed by atoms with van der Waals surface area (Å²) >= 11 is 0. The summed E-state index contributed by atoms with van der Waals surface area (Å²) in [5.41, 5.74) is 0. The molecule has 1 rings (SSSR count). The molecule has 0 spiro atoms. The summed E-state index contributed by atoms with van der Waals surface area (Å²) in [7, 11) is 0. The Labute approximate surface area is 59.1 Å². The molecule has 0 amide bonds. The first-order valence-corrected chi connectivity index (χ1v) is 3.36. The van der Waals surface area contributed by atoms with Gasteiger partial charge >= 0.3 is 0 Å². The molecule has 1 aliphatic rings. The van der Waals surface area contributed by atoms with Crippen LogP contribution in [-0.4, -0.2) is 40.4 Å². The van der Waals surface area contributed by atoms with Crippen LogP contribution in [0.4, 0.5) is 0 Å². The molecular weight excluding hydrogens is 136 g/mol. The number of ether oxygens (including phenoxy) is 1. The molecule has 0 aromatic rings. The van der Waals surface area contributed by atoms with Gasteiger partial charge in [-0.1, -0.05) is 0 Å². The van der Waals surface area contributed by atoms with Gasteiger partial charge in [-0.15, -0.1) is 0 Å². The third-order valence-electron chi connectivity index (χ3n) is 1.65. The van der Waals surface area contributed by atoms with Crippen molar-refractivity contribution in [3.8, 4) is 0 Å². The van der Waals surface area contributed by atoms with Crippen molar-refractivity contribution < 1.29 is 20.1 Å². The summed E-state index contributed by atoms with van der Waals surface area (Å²) in [4.78, 5) is 0. The van der Waals surface area contributed by atoms with Gasteiger partial charge in [-0.3, -0.25) is 0 Å². The average Bonchev–Trinajstić information content (AvgIpc) is 1.94. The lowest BCUT2D eigenvalue weighted by Crippen LogP contribution is -2.40. The van der Waals surface area contributed by atoms with Crippen molar-refractivity contribution >= 4 is 0 Å². The van der Waals surface area contributed by atoms with Crippen LogP contribution in [0.5, 0.6) is 0 Å². The fraction of sp³-hybridized carbons (Fsp3) is 1.00. The number of aliphatic hydroxyl groups excluding tert-OH is 3. The van der Waals surface area contributed by atoms with E-state index in [9.17, 15) is 0 Å². The van der Waals surface area contributed by atoms with Crippen molar-refractivity contribution in [3.63, 3.8) is 0 Å². The first-order chi connectivity index (χ1) is 4.74. The third-order valence-corrected chi connectivity index (χ3v) is 1.65. The summed E-state index contributed by atoms with van der Waals surface area (Å²) in [6.45, 7) is -0.238. The van der Waals surface area contributed by atoms with Gasteiger partial charge in [-0.25, -0.2) is 0 Å². The molecule has 1 aliphatic heterocycles. The maximum atomic E-state index is 9.09. The Kier molecular flexibility index (Phi) is 2.62. The molecule has 1 fully saturated rings. The van der Waals surface area contributed by atoms with Crippen LogP contribution < -0.4 is 0 Å². The van der Waals surface area contributed by atoms with E-state index in [1.54, 1.807) is 0 Å². The molecule has 4 nitrogen and oxygen atoms in total. The fourth-order valence-electron chi connectivity index (χ4n) is 1.02. The molecule has 0 aliphatic carbocycles. The van der Waals surface area contributed by atoms with Crippen molar-refractivity contribution in [3.05, 3.63) is 0 Å². The second-order valence-electron chi connectivity index (χ2n) is 2.46. The highest BCUT2D eigenvalue weighted by atomic mass is 16.6. The monoisotopic (exact) mass is 148 g/mol. The second kappa shape index (κ2) is 3.30. The Morgan fingerprint density at radius 1 is 1.30 bits per heavy atom. The maximum Gasteiger partial charge on any atom is 0.155 e. The lowest BCUT2D eigenvalue weighted by atomic mass is 10.1. The summed E-state index contributed by atoms with van der Waals surface area (Å²) in [5, 5.41) is 26.6. The molecule has 0 aromatic carbocycles. The predicted octanol–water partition coefficient (Wildman–Crippen LogP) is -1.16. The van der Waals surface area contributed by atoms with Gasteiger partial charge in [-0.2, -0.15) is 0 Å². The van der Waals surface area contributed by atoms with Crippen molar-refractivity contribution in [2.24, 2.45) is 0 Å². The quantitative estimate of drug-likeness (QED) is 0.438. The number of hydrogen-bond acceptors (Lipinski definition) is 4. The molecule has 1 heterocycles. The molecule has 60 valence electrons. The van der Waals surface area contributed by atoms with E-state index in [0.717, 1.165) is 0 Å². The van der Waals surface area contributed by atoms with E-state index in [1.165, 1.54) is 0 Å². The van der Waals surface area contributed by atoms with E-state index in [1.807, 2.05) is 0 Å². The first kappa shape index (κ1) is 7.94. The van der Waals surface area contributed by atoms with E-state index in [0.29, 0.717) is 12.8 Å². The molecular formula is C6H12O4. The smallest absolute Gasteiger partial charge is 0.155 e. The molecule has 10 heavy (non-hydrogen) atoms. The van der Waals surface area contributed by atoms with Crippen LogP contribution in [-0.2, 0) is 4.74 Å². The van der Waals surface area contributed by atoms with Gasteiger partial charge in [0.2, 0.25) is 0 Å². The Hall–Kier alpha value is -0.160. The Balaban J connectivity index is 2.38. The normalized spacial score (nSPS) is 41.7. The number of aliphatic hydroxyl groups is 3. The predicted molar refractivity (Wildman–Crippen MR) is 33.2 cm³/mol. The largest absolute Gasteiger partial charge is 0.394 e. The molecule has 0 saturated carbocycles. The molecule has 0 bridgehead atoms. The van der Waals surface area contributed by atoms with Gasteiger partial charge in [0.1, 0.15) is 6.10 Å². The summed E-state index contributed by atoms with van der Waals surface area (Å²) in [6, 6.07) is 0. The molecule has 0 radical (unpaired) electrons. The second-order valence-corrected chi connectivity index (χ2v) is 2.46. The van der Waals surface area contributed by atoms with E-state index < -0.39 is 18.5 Å².